The van der Waals surface area contributed by atoms with E-state index in [4.69, 9.17) is 12.2 Å². The van der Waals surface area contributed by atoms with Gasteiger partial charge in [0.25, 0.3) is 0 Å². The molecule has 204 valence electrons. The molecule has 0 aliphatic carbocycles. The number of hydrogen-bond acceptors (Lipinski definition) is 1. The van der Waals surface area contributed by atoms with Crippen molar-refractivity contribution in [3.63, 3.8) is 0 Å². The van der Waals surface area contributed by atoms with Crippen LogP contribution in [0.5, 0.6) is 0 Å². The molecule has 0 aliphatic rings. The van der Waals surface area contributed by atoms with E-state index in [9.17, 15) is 0 Å². The molecule has 0 amide bonds. The summed E-state index contributed by atoms with van der Waals surface area (Å²) in [6, 6.07) is 0. The summed E-state index contributed by atoms with van der Waals surface area (Å²) >= 11 is 9.88. The summed E-state index contributed by atoms with van der Waals surface area (Å²) < 4.78 is 0.804. The van der Waals surface area contributed by atoms with Crippen LogP contribution in [0, 0.1) is 0 Å². The summed E-state index contributed by atoms with van der Waals surface area (Å²) in [4.78, 5) is 2.34. The van der Waals surface area contributed by atoms with Crippen molar-refractivity contribution in [2.75, 3.05) is 13.1 Å². The molecule has 1 nitrogen and oxygen atoms in total. The Balaban J connectivity index is 3.41. The zero-order valence-electron chi connectivity index (χ0n) is 23.6. The Morgan fingerprint density at radius 1 is 0.412 bits per heavy atom. The van der Waals surface area contributed by atoms with E-state index in [0.717, 1.165) is 17.4 Å². The van der Waals surface area contributed by atoms with Crippen molar-refractivity contribution in [2.24, 2.45) is 0 Å². The second-order valence-corrected chi connectivity index (χ2v) is 11.9. The van der Waals surface area contributed by atoms with E-state index >= 15 is 0 Å². The first kappa shape index (κ1) is 34.2. The molecule has 0 aromatic rings. The van der Waals surface area contributed by atoms with Gasteiger partial charge in [-0.2, -0.15) is 0 Å². The van der Waals surface area contributed by atoms with Gasteiger partial charge in [-0.15, -0.1) is 12.6 Å². The maximum atomic E-state index is 5.39. The van der Waals surface area contributed by atoms with Gasteiger partial charge >= 0.3 is 0 Å². The van der Waals surface area contributed by atoms with Gasteiger partial charge in [-0.25, -0.2) is 0 Å². The quantitative estimate of drug-likeness (QED) is 0.0629. The second kappa shape index (κ2) is 29.5. The topological polar surface area (TPSA) is 3.24 Å². The van der Waals surface area contributed by atoms with Gasteiger partial charge in [0.1, 0.15) is 4.32 Å². The molecule has 0 unspecified atom stereocenters. The lowest BCUT2D eigenvalue weighted by molar-refractivity contribution is 0.394. The minimum atomic E-state index is 0.804. The highest BCUT2D eigenvalue weighted by atomic mass is 32.1. The van der Waals surface area contributed by atoms with E-state index in [1.165, 1.54) is 167 Å². The molecule has 0 atom stereocenters. The van der Waals surface area contributed by atoms with Crippen LogP contribution in [0.25, 0.3) is 0 Å². The van der Waals surface area contributed by atoms with Gasteiger partial charge in [-0.3, -0.25) is 0 Å². The maximum absolute atomic E-state index is 5.39. The van der Waals surface area contributed by atoms with Crippen molar-refractivity contribution < 1.29 is 0 Å². The highest BCUT2D eigenvalue weighted by Gasteiger charge is 2.05. The van der Waals surface area contributed by atoms with Crippen LogP contribution in [0.1, 0.15) is 181 Å². The molecule has 0 aromatic carbocycles. The van der Waals surface area contributed by atoms with Gasteiger partial charge in [0.2, 0.25) is 0 Å². The fourth-order valence-corrected chi connectivity index (χ4v) is 5.33. The number of hydrogen-bond donors (Lipinski definition) is 1. The molecule has 34 heavy (non-hydrogen) atoms. The van der Waals surface area contributed by atoms with Gasteiger partial charge < -0.3 is 4.90 Å². The van der Waals surface area contributed by atoms with Crippen LogP contribution in [0.15, 0.2) is 0 Å². The minimum absolute atomic E-state index is 0.804. The molecular formula is C31H63NS2. The van der Waals surface area contributed by atoms with Gasteiger partial charge in [0, 0.05) is 13.1 Å². The van der Waals surface area contributed by atoms with Crippen molar-refractivity contribution in [2.45, 2.75) is 181 Å². The molecule has 3 heteroatoms. The number of rotatable bonds is 28. The van der Waals surface area contributed by atoms with Crippen LogP contribution in [-0.4, -0.2) is 22.3 Å². The summed E-state index contributed by atoms with van der Waals surface area (Å²) in [5.41, 5.74) is 0. The van der Waals surface area contributed by atoms with Crippen LogP contribution in [0.2, 0.25) is 0 Å². The Bertz CT molecular complexity index is 369. The van der Waals surface area contributed by atoms with E-state index in [-0.39, 0.29) is 0 Å². The van der Waals surface area contributed by atoms with E-state index < -0.39 is 0 Å². The molecule has 0 bridgehead atoms. The summed E-state index contributed by atoms with van der Waals surface area (Å²) in [7, 11) is 0. The lowest BCUT2D eigenvalue weighted by Gasteiger charge is -2.22. The first-order chi connectivity index (χ1) is 16.7. The van der Waals surface area contributed by atoms with Crippen molar-refractivity contribution in [3.05, 3.63) is 0 Å². The zero-order chi connectivity index (χ0) is 25.0. The monoisotopic (exact) mass is 513 g/mol. The first-order valence-corrected chi connectivity index (χ1v) is 16.6. The molecular weight excluding hydrogens is 450 g/mol. The maximum Gasteiger partial charge on any atom is 0.133 e. The Labute approximate surface area is 227 Å². The van der Waals surface area contributed by atoms with Crippen LogP contribution < -0.4 is 0 Å². The lowest BCUT2D eigenvalue weighted by atomic mass is 10.0. The molecule has 0 N–H and O–H groups in total. The molecule has 0 fully saturated rings. The molecule has 0 heterocycles. The number of unbranched alkanes of at least 4 members (excludes halogenated alkanes) is 24. The summed E-state index contributed by atoms with van der Waals surface area (Å²) in [5.74, 6) is 0. The number of thiocarbonyl (C=S) groups is 1. The third-order valence-electron chi connectivity index (χ3n) is 7.33. The number of thiol groups is 1. The summed E-state index contributed by atoms with van der Waals surface area (Å²) in [5, 5.41) is 0. The van der Waals surface area contributed by atoms with Crippen LogP contribution in [0.3, 0.4) is 0 Å². The van der Waals surface area contributed by atoms with Crippen LogP contribution in [-0.2, 0) is 0 Å². The minimum Gasteiger partial charge on any atom is -0.358 e. The summed E-state index contributed by atoms with van der Waals surface area (Å²) in [6.07, 6.45) is 36.7. The largest absolute Gasteiger partial charge is 0.358 e. The van der Waals surface area contributed by atoms with Crippen LogP contribution >= 0.6 is 24.8 Å². The second-order valence-electron chi connectivity index (χ2n) is 10.8. The Hall–Kier alpha value is 0.240. The third kappa shape index (κ3) is 26.8. The van der Waals surface area contributed by atoms with Gasteiger partial charge in [0.15, 0.2) is 0 Å². The van der Waals surface area contributed by atoms with E-state index in [1.54, 1.807) is 0 Å². The normalized spacial score (nSPS) is 11.3. The van der Waals surface area contributed by atoms with Gasteiger partial charge in [-0.1, -0.05) is 180 Å². The fourth-order valence-electron chi connectivity index (χ4n) is 4.94. The molecule has 0 aliphatic heterocycles. The molecule has 0 spiro atoms. The number of nitrogens with zero attached hydrogens (tertiary/aromatic N) is 1. The Morgan fingerprint density at radius 3 is 0.824 bits per heavy atom. The van der Waals surface area contributed by atoms with E-state index in [2.05, 4.69) is 31.4 Å². The summed E-state index contributed by atoms with van der Waals surface area (Å²) in [6.45, 7) is 6.81. The molecule has 0 saturated carbocycles. The van der Waals surface area contributed by atoms with Crippen LogP contribution in [0.4, 0.5) is 0 Å². The molecule has 0 radical (unpaired) electrons. The first-order valence-electron chi connectivity index (χ1n) is 15.7. The highest BCUT2D eigenvalue weighted by Crippen LogP contribution is 2.15. The molecule has 0 rings (SSSR count). The predicted octanol–water partition coefficient (Wildman–Crippen LogP) is 11.7. The van der Waals surface area contributed by atoms with Gasteiger partial charge in [-0.05, 0) is 12.8 Å². The average molecular weight is 514 g/mol. The van der Waals surface area contributed by atoms with E-state index in [0.29, 0.717) is 0 Å². The van der Waals surface area contributed by atoms with E-state index in [1.807, 2.05) is 0 Å². The van der Waals surface area contributed by atoms with Crippen molar-refractivity contribution >= 4 is 29.2 Å². The predicted molar refractivity (Wildman–Crippen MR) is 165 cm³/mol. The van der Waals surface area contributed by atoms with Crippen molar-refractivity contribution in [3.8, 4) is 0 Å². The third-order valence-corrected chi connectivity index (χ3v) is 7.87. The zero-order valence-corrected chi connectivity index (χ0v) is 25.3. The molecule has 0 saturated heterocycles. The molecule has 0 aromatic heterocycles. The van der Waals surface area contributed by atoms with Crippen molar-refractivity contribution in [1.82, 2.24) is 4.90 Å². The van der Waals surface area contributed by atoms with Gasteiger partial charge in [0.05, 0.1) is 0 Å². The SMILES string of the molecule is CCCCCCCCCCCCCCCN(CCCCCCCCCCCCCCC)C(=S)S. The highest BCUT2D eigenvalue weighted by molar-refractivity contribution is 8.10. The Kier molecular flexibility index (Phi) is 29.7. The smallest absolute Gasteiger partial charge is 0.133 e. The fraction of sp³-hybridized carbons (Fsp3) is 0.968. The average Bonchev–Trinajstić information content (AvgIpc) is 2.83. The lowest BCUT2D eigenvalue weighted by Crippen LogP contribution is -2.28. The Morgan fingerprint density at radius 2 is 0.618 bits per heavy atom. The van der Waals surface area contributed by atoms with Crippen molar-refractivity contribution in [1.29, 1.82) is 0 Å². The standard InChI is InChI=1S/C31H63NS2/c1-3-5-7-9-11-13-15-17-19-21-23-25-27-29-32(31(33)34)30-28-26-24-22-20-18-16-14-12-10-8-6-4-2/h3-30H2,1-2H3,(H,33,34).